The molecule has 0 spiro atoms. The average molecular weight is 523 g/mol. The van der Waals surface area contributed by atoms with E-state index in [2.05, 4.69) is 16.6 Å². The van der Waals surface area contributed by atoms with Crippen LogP contribution >= 0.6 is 23.2 Å². The summed E-state index contributed by atoms with van der Waals surface area (Å²) in [6, 6.07) is 3.77. The van der Waals surface area contributed by atoms with Crippen LogP contribution in [-0.2, 0) is 14.2 Å². The van der Waals surface area contributed by atoms with E-state index < -0.39 is 5.79 Å². The second kappa shape index (κ2) is 9.82. The summed E-state index contributed by atoms with van der Waals surface area (Å²) in [5, 5.41) is 5.41. The zero-order chi connectivity index (χ0) is 24.7. The summed E-state index contributed by atoms with van der Waals surface area (Å²) in [5.41, 5.74) is 12.8. The molecule has 0 bridgehead atoms. The summed E-state index contributed by atoms with van der Waals surface area (Å²) in [6.45, 7) is 6.11. The van der Waals surface area contributed by atoms with Gasteiger partial charge in [0.05, 0.1) is 34.9 Å². The maximum atomic E-state index is 6.67. The SMILES string of the molecule is CC1(C)OCC(CN(N)/C=C(\N)n2cc(C3=CN(C4CCCCO4)NC3)c3ccc(Cl)c(Cl)c32)O1. The maximum absolute atomic E-state index is 6.67. The van der Waals surface area contributed by atoms with E-state index in [1.165, 1.54) is 5.01 Å². The highest BCUT2D eigenvalue weighted by Gasteiger charge is 2.33. The van der Waals surface area contributed by atoms with Crippen molar-refractivity contribution in [3.63, 3.8) is 0 Å². The van der Waals surface area contributed by atoms with Gasteiger partial charge in [0.25, 0.3) is 0 Å². The molecule has 2 aromatic rings. The van der Waals surface area contributed by atoms with Crippen molar-refractivity contribution in [3.8, 4) is 0 Å². The lowest BCUT2D eigenvalue weighted by atomic mass is 10.1. The molecule has 2 saturated heterocycles. The van der Waals surface area contributed by atoms with Gasteiger partial charge >= 0.3 is 0 Å². The predicted octanol–water partition coefficient (Wildman–Crippen LogP) is 3.68. The lowest BCUT2D eigenvalue weighted by Crippen LogP contribution is -2.41. The van der Waals surface area contributed by atoms with Crippen molar-refractivity contribution in [2.45, 2.75) is 51.2 Å². The van der Waals surface area contributed by atoms with Crippen molar-refractivity contribution in [3.05, 3.63) is 46.3 Å². The maximum Gasteiger partial charge on any atom is 0.163 e. The molecule has 11 heteroatoms. The minimum absolute atomic E-state index is 0.0372. The Labute approximate surface area is 215 Å². The number of ether oxygens (including phenoxy) is 3. The second-order valence-electron chi connectivity index (χ2n) is 9.59. The van der Waals surface area contributed by atoms with E-state index in [4.69, 9.17) is 49.0 Å². The summed E-state index contributed by atoms with van der Waals surface area (Å²) in [4.78, 5) is 0. The molecular weight excluding hydrogens is 491 g/mol. The van der Waals surface area contributed by atoms with Gasteiger partial charge in [-0.05, 0) is 44.7 Å². The number of nitrogens with zero attached hydrogens (tertiary/aromatic N) is 3. The lowest BCUT2D eigenvalue weighted by molar-refractivity contribution is -0.139. The van der Waals surface area contributed by atoms with E-state index >= 15 is 0 Å². The van der Waals surface area contributed by atoms with Crippen molar-refractivity contribution >= 4 is 45.5 Å². The van der Waals surface area contributed by atoms with Gasteiger partial charge in [-0.15, -0.1) is 0 Å². The third-order valence-electron chi connectivity index (χ3n) is 6.48. The van der Waals surface area contributed by atoms with E-state index in [9.17, 15) is 0 Å². The van der Waals surface area contributed by atoms with Gasteiger partial charge in [0.2, 0.25) is 0 Å². The number of hydrogen-bond acceptors (Lipinski definition) is 8. The van der Waals surface area contributed by atoms with Crippen LogP contribution in [0.1, 0.15) is 38.7 Å². The summed E-state index contributed by atoms with van der Waals surface area (Å²) in [5.74, 6) is 6.04. The summed E-state index contributed by atoms with van der Waals surface area (Å²) >= 11 is 13.0. The Kier molecular flexibility index (Phi) is 6.93. The van der Waals surface area contributed by atoms with Crippen LogP contribution in [-0.4, -0.2) is 59.0 Å². The molecule has 5 rings (SSSR count). The third-order valence-corrected chi connectivity index (χ3v) is 7.27. The Hall–Kier alpha value is -1.98. The van der Waals surface area contributed by atoms with Crippen LogP contribution in [0.3, 0.4) is 0 Å². The third kappa shape index (κ3) is 5.13. The van der Waals surface area contributed by atoms with E-state index in [1.54, 1.807) is 12.3 Å². The molecular formula is C24H32Cl2N6O3. The van der Waals surface area contributed by atoms with Crippen LogP contribution in [0.15, 0.2) is 30.7 Å². The van der Waals surface area contributed by atoms with Gasteiger partial charge in [-0.3, -0.25) is 9.58 Å². The fourth-order valence-electron chi connectivity index (χ4n) is 4.82. The van der Waals surface area contributed by atoms with Gasteiger partial charge in [-0.2, -0.15) is 0 Å². The molecule has 35 heavy (non-hydrogen) atoms. The first-order valence-corrected chi connectivity index (χ1v) is 12.6. The molecule has 3 aliphatic rings. The number of hydrazine groups is 2. The number of rotatable bonds is 6. The van der Waals surface area contributed by atoms with Crippen LogP contribution < -0.4 is 17.0 Å². The van der Waals surface area contributed by atoms with Crippen molar-refractivity contribution in [1.82, 2.24) is 20.0 Å². The number of fused-ring (bicyclic) bond motifs is 1. The monoisotopic (exact) mass is 522 g/mol. The quantitative estimate of drug-likeness (QED) is 0.390. The number of hydrogen-bond donors (Lipinski definition) is 3. The first-order valence-electron chi connectivity index (χ1n) is 11.9. The largest absolute Gasteiger partial charge is 0.384 e. The highest BCUT2D eigenvalue weighted by atomic mass is 35.5. The van der Waals surface area contributed by atoms with Crippen molar-refractivity contribution in [1.29, 1.82) is 0 Å². The van der Waals surface area contributed by atoms with Gasteiger partial charge < -0.3 is 25.0 Å². The van der Waals surface area contributed by atoms with Crippen LogP contribution in [0.4, 0.5) is 0 Å². The molecule has 2 fully saturated rings. The molecule has 0 saturated carbocycles. The van der Waals surface area contributed by atoms with Gasteiger partial charge in [-0.1, -0.05) is 29.3 Å². The summed E-state index contributed by atoms with van der Waals surface area (Å²) in [6.07, 6.45) is 8.89. The van der Waals surface area contributed by atoms with Crippen molar-refractivity contribution < 1.29 is 14.2 Å². The Morgan fingerprint density at radius 3 is 2.86 bits per heavy atom. The minimum Gasteiger partial charge on any atom is -0.384 e. The normalized spacial score (nSPS) is 24.9. The zero-order valence-corrected chi connectivity index (χ0v) is 21.5. The van der Waals surface area contributed by atoms with Gasteiger partial charge in [0.1, 0.15) is 18.2 Å². The first-order chi connectivity index (χ1) is 16.7. The van der Waals surface area contributed by atoms with Crippen LogP contribution in [0.2, 0.25) is 10.0 Å². The molecule has 0 aliphatic carbocycles. The molecule has 190 valence electrons. The Morgan fingerprint density at radius 2 is 2.14 bits per heavy atom. The number of nitrogens with one attached hydrogen (secondary N) is 1. The summed E-state index contributed by atoms with van der Waals surface area (Å²) in [7, 11) is 0. The Morgan fingerprint density at radius 1 is 1.31 bits per heavy atom. The standard InChI is InChI=1S/C24H32Cl2N6O3/c1-24(2)34-14-16(35-24)11-30(28)13-20(27)31-12-18(17-6-7-19(25)22(26)23(17)31)15-9-29-32(10-15)21-5-3-4-8-33-21/h6-7,10,12-13,16,21,29H,3-5,8-9,11,14,27-28H2,1-2H3/b20-13+. The van der Waals surface area contributed by atoms with Crippen LogP contribution in [0.5, 0.6) is 0 Å². The molecule has 1 aromatic heterocycles. The highest BCUT2D eigenvalue weighted by molar-refractivity contribution is 6.45. The smallest absolute Gasteiger partial charge is 0.163 e. The number of nitrogens with two attached hydrogens (primary N) is 2. The molecule has 3 aliphatic heterocycles. The molecule has 0 radical (unpaired) electrons. The fraction of sp³-hybridized carbons (Fsp3) is 0.500. The number of benzene rings is 1. The van der Waals surface area contributed by atoms with Crippen LogP contribution in [0.25, 0.3) is 22.3 Å². The van der Waals surface area contributed by atoms with Crippen LogP contribution in [0, 0.1) is 0 Å². The van der Waals surface area contributed by atoms with E-state index in [0.717, 1.165) is 47.9 Å². The Balaban J connectivity index is 1.45. The summed E-state index contributed by atoms with van der Waals surface area (Å²) < 4.78 is 19.2. The van der Waals surface area contributed by atoms with E-state index in [-0.39, 0.29) is 12.3 Å². The average Bonchev–Trinajstić information content (AvgIpc) is 3.53. The molecule has 2 unspecified atom stereocenters. The molecule has 0 amide bonds. The topological polar surface area (TPSA) is 103 Å². The molecule has 9 nitrogen and oxygen atoms in total. The van der Waals surface area contributed by atoms with Crippen molar-refractivity contribution in [2.24, 2.45) is 11.6 Å². The van der Waals surface area contributed by atoms with Gasteiger partial charge in [0.15, 0.2) is 5.79 Å². The van der Waals surface area contributed by atoms with Crippen molar-refractivity contribution in [2.75, 3.05) is 26.3 Å². The van der Waals surface area contributed by atoms with Gasteiger partial charge in [0, 0.05) is 36.5 Å². The van der Waals surface area contributed by atoms with E-state index in [0.29, 0.717) is 35.6 Å². The minimum atomic E-state index is -0.615. The van der Waals surface area contributed by atoms with E-state index in [1.807, 2.05) is 30.7 Å². The van der Waals surface area contributed by atoms with Gasteiger partial charge in [-0.25, -0.2) is 11.3 Å². The lowest BCUT2D eigenvalue weighted by Gasteiger charge is -2.30. The number of halogens is 2. The zero-order valence-electron chi connectivity index (χ0n) is 20.0. The fourth-order valence-corrected chi connectivity index (χ4v) is 5.23. The first kappa shape index (κ1) is 24.7. The molecule has 4 heterocycles. The molecule has 2 atom stereocenters. The second-order valence-corrected chi connectivity index (χ2v) is 10.4. The predicted molar refractivity (Wildman–Crippen MR) is 138 cm³/mol. The number of aromatic nitrogens is 1. The molecule has 5 N–H and O–H groups in total. The Bertz CT molecular complexity index is 1160. The molecule has 1 aromatic carbocycles. The highest BCUT2D eigenvalue weighted by Crippen LogP contribution is 2.38.